The van der Waals surface area contributed by atoms with Crippen LogP contribution in [0.5, 0.6) is 5.75 Å². The van der Waals surface area contributed by atoms with Crippen LogP contribution in [-0.4, -0.2) is 22.1 Å². The van der Waals surface area contributed by atoms with Gasteiger partial charge in [-0.3, -0.25) is 10.2 Å². The number of hydrazine groups is 1. The van der Waals surface area contributed by atoms with Crippen LogP contribution in [0.1, 0.15) is 16.2 Å². The fourth-order valence-electron chi connectivity index (χ4n) is 1.65. The van der Waals surface area contributed by atoms with Crippen molar-refractivity contribution in [2.24, 2.45) is 5.84 Å². The Morgan fingerprint density at radius 2 is 2.20 bits per heavy atom. The second-order valence-electron chi connectivity index (χ2n) is 3.90. The van der Waals surface area contributed by atoms with Crippen LogP contribution in [0.3, 0.4) is 0 Å². The summed E-state index contributed by atoms with van der Waals surface area (Å²) in [6.45, 7) is 0.918. The van der Waals surface area contributed by atoms with Gasteiger partial charge in [-0.15, -0.1) is 0 Å². The molecule has 1 aromatic heterocycles. The molecule has 7 nitrogen and oxygen atoms in total. The Hall–Kier alpha value is -2.85. The zero-order valence-corrected chi connectivity index (χ0v) is 10.6. The summed E-state index contributed by atoms with van der Waals surface area (Å²) < 4.78 is 7.23. The lowest BCUT2D eigenvalue weighted by Gasteiger charge is -2.08. The quantitative estimate of drug-likeness (QED) is 0.466. The Morgan fingerprint density at radius 3 is 2.85 bits per heavy atom. The van der Waals surface area contributed by atoms with Gasteiger partial charge in [0.15, 0.2) is 0 Å². The van der Waals surface area contributed by atoms with E-state index in [0.29, 0.717) is 30.3 Å². The highest BCUT2D eigenvalue weighted by Gasteiger charge is 2.04. The number of nitrogens with two attached hydrogens (primary N) is 1. The molecule has 0 aliphatic carbocycles. The van der Waals surface area contributed by atoms with Crippen molar-refractivity contribution in [1.82, 2.24) is 15.0 Å². The van der Waals surface area contributed by atoms with Gasteiger partial charge in [-0.1, -0.05) is 0 Å². The predicted octanol–water partition coefficient (Wildman–Crippen LogP) is 0.437. The van der Waals surface area contributed by atoms with Crippen molar-refractivity contribution < 1.29 is 9.53 Å². The second-order valence-corrected chi connectivity index (χ2v) is 3.90. The number of amides is 1. The van der Waals surface area contributed by atoms with Crippen LogP contribution in [0.2, 0.25) is 0 Å². The van der Waals surface area contributed by atoms with Gasteiger partial charge in [-0.05, 0) is 24.3 Å². The maximum atomic E-state index is 11.2. The molecular formula is C13H13N5O2. The molecule has 2 aromatic rings. The third-order valence-electron chi connectivity index (χ3n) is 2.66. The average molecular weight is 271 g/mol. The number of benzene rings is 1. The predicted molar refractivity (Wildman–Crippen MR) is 70.5 cm³/mol. The molecule has 1 heterocycles. The van der Waals surface area contributed by atoms with Crippen LogP contribution in [0, 0.1) is 11.3 Å². The molecule has 1 amide bonds. The van der Waals surface area contributed by atoms with Gasteiger partial charge in [0.25, 0.3) is 5.91 Å². The van der Waals surface area contributed by atoms with E-state index in [2.05, 4.69) is 10.4 Å². The normalized spacial score (nSPS) is 9.80. The molecule has 0 atom stereocenters. The first-order valence-corrected chi connectivity index (χ1v) is 5.89. The maximum Gasteiger partial charge on any atom is 0.265 e. The van der Waals surface area contributed by atoms with Gasteiger partial charge in [0.05, 0.1) is 6.54 Å². The van der Waals surface area contributed by atoms with Crippen molar-refractivity contribution in [1.29, 1.82) is 5.26 Å². The SMILES string of the molecule is N#Cc1nccn1CCOc1ccc(C(=O)NN)cc1. The smallest absolute Gasteiger partial charge is 0.265 e. The van der Waals surface area contributed by atoms with Crippen molar-refractivity contribution in [2.75, 3.05) is 6.61 Å². The van der Waals surface area contributed by atoms with Crippen molar-refractivity contribution in [2.45, 2.75) is 6.54 Å². The second kappa shape index (κ2) is 6.36. The zero-order valence-electron chi connectivity index (χ0n) is 10.6. The molecular weight excluding hydrogens is 258 g/mol. The summed E-state index contributed by atoms with van der Waals surface area (Å²) in [6, 6.07) is 8.60. The van der Waals surface area contributed by atoms with Gasteiger partial charge in [-0.25, -0.2) is 10.8 Å². The number of nitrogen functional groups attached to an aromatic ring is 1. The highest BCUT2D eigenvalue weighted by Crippen LogP contribution is 2.12. The molecule has 20 heavy (non-hydrogen) atoms. The molecule has 0 saturated heterocycles. The molecule has 0 bridgehead atoms. The summed E-state index contributed by atoms with van der Waals surface area (Å²) in [5.74, 6) is 5.67. The fraction of sp³-hybridized carbons (Fsp3) is 0.154. The van der Waals surface area contributed by atoms with E-state index in [4.69, 9.17) is 15.8 Å². The Balaban J connectivity index is 1.89. The van der Waals surface area contributed by atoms with Crippen molar-refractivity contribution >= 4 is 5.91 Å². The topological polar surface area (TPSA) is 106 Å². The molecule has 0 fully saturated rings. The van der Waals surface area contributed by atoms with Crippen molar-refractivity contribution in [3.63, 3.8) is 0 Å². The largest absolute Gasteiger partial charge is 0.492 e. The first-order valence-electron chi connectivity index (χ1n) is 5.89. The summed E-state index contributed by atoms with van der Waals surface area (Å²) >= 11 is 0. The number of rotatable bonds is 5. The lowest BCUT2D eigenvalue weighted by atomic mass is 10.2. The standard InChI is InChI=1S/C13H13N5O2/c14-9-12-16-5-6-18(12)7-8-20-11-3-1-10(2-4-11)13(19)17-15/h1-6H,7-8,15H2,(H,17,19). The number of nitriles is 1. The van der Waals surface area contributed by atoms with E-state index in [1.165, 1.54) is 0 Å². The first-order chi connectivity index (χ1) is 9.74. The van der Waals surface area contributed by atoms with E-state index in [1.54, 1.807) is 41.2 Å². The van der Waals surface area contributed by atoms with Crippen molar-refractivity contribution in [3.05, 3.63) is 48.0 Å². The van der Waals surface area contributed by atoms with E-state index < -0.39 is 0 Å². The Labute approximate surface area is 115 Å². The highest BCUT2D eigenvalue weighted by atomic mass is 16.5. The molecule has 0 aliphatic heterocycles. The van der Waals surface area contributed by atoms with Gasteiger partial charge >= 0.3 is 0 Å². The first kappa shape index (κ1) is 13.6. The molecule has 1 aromatic carbocycles. The van der Waals surface area contributed by atoms with E-state index in [-0.39, 0.29) is 5.91 Å². The van der Waals surface area contributed by atoms with Gasteiger partial charge in [-0.2, -0.15) is 5.26 Å². The van der Waals surface area contributed by atoms with Crippen LogP contribution in [0.4, 0.5) is 0 Å². The van der Waals surface area contributed by atoms with E-state index in [0.717, 1.165) is 0 Å². The molecule has 0 radical (unpaired) electrons. The third-order valence-corrected chi connectivity index (χ3v) is 2.66. The Morgan fingerprint density at radius 1 is 1.45 bits per heavy atom. The minimum atomic E-state index is -0.353. The number of hydrogen-bond donors (Lipinski definition) is 2. The number of nitrogens with one attached hydrogen (secondary N) is 1. The third kappa shape index (κ3) is 3.13. The number of hydrogen-bond acceptors (Lipinski definition) is 5. The molecule has 7 heteroatoms. The van der Waals surface area contributed by atoms with Gasteiger partial charge < -0.3 is 9.30 Å². The summed E-state index contributed by atoms with van der Waals surface area (Å²) in [4.78, 5) is 15.1. The number of aromatic nitrogens is 2. The average Bonchev–Trinajstić information content (AvgIpc) is 2.94. The Bertz CT molecular complexity index is 627. The minimum Gasteiger partial charge on any atom is -0.492 e. The molecule has 2 rings (SSSR count). The molecule has 0 unspecified atom stereocenters. The van der Waals surface area contributed by atoms with Crippen molar-refractivity contribution in [3.8, 4) is 11.8 Å². The van der Waals surface area contributed by atoms with E-state index in [9.17, 15) is 4.79 Å². The maximum absolute atomic E-state index is 11.2. The minimum absolute atomic E-state index is 0.351. The number of carbonyl (C=O) groups is 1. The number of imidazole rings is 1. The van der Waals surface area contributed by atoms with Gasteiger partial charge in [0, 0.05) is 18.0 Å². The van der Waals surface area contributed by atoms with Crippen LogP contribution < -0.4 is 16.0 Å². The summed E-state index contributed by atoms with van der Waals surface area (Å²) in [6.07, 6.45) is 3.29. The lowest BCUT2D eigenvalue weighted by Crippen LogP contribution is -2.29. The monoisotopic (exact) mass is 271 g/mol. The summed E-state index contributed by atoms with van der Waals surface area (Å²) in [5.41, 5.74) is 2.51. The molecule has 0 saturated carbocycles. The highest BCUT2D eigenvalue weighted by molar-refractivity contribution is 5.93. The number of carbonyl (C=O) groups excluding carboxylic acids is 1. The summed E-state index contributed by atoms with van der Waals surface area (Å²) in [5, 5.41) is 8.81. The molecule has 0 aliphatic rings. The van der Waals surface area contributed by atoms with Crippen LogP contribution in [0.15, 0.2) is 36.7 Å². The fourth-order valence-corrected chi connectivity index (χ4v) is 1.65. The van der Waals surface area contributed by atoms with Gasteiger partial charge in [0.1, 0.15) is 18.4 Å². The Kier molecular flexibility index (Phi) is 4.32. The van der Waals surface area contributed by atoms with Crippen LogP contribution in [0.25, 0.3) is 0 Å². The molecule has 3 N–H and O–H groups in total. The number of nitrogens with zero attached hydrogens (tertiary/aromatic N) is 3. The molecule has 102 valence electrons. The lowest BCUT2D eigenvalue weighted by molar-refractivity contribution is 0.0953. The van der Waals surface area contributed by atoms with Crippen LogP contribution in [-0.2, 0) is 6.54 Å². The number of ether oxygens (including phenoxy) is 1. The van der Waals surface area contributed by atoms with Gasteiger partial charge in [0.2, 0.25) is 5.82 Å². The molecule has 0 spiro atoms. The summed E-state index contributed by atoms with van der Waals surface area (Å²) in [7, 11) is 0. The van der Waals surface area contributed by atoms with E-state index >= 15 is 0 Å². The zero-order chi connectivity index (χ0) is 14.4. The van der Waals surface area contributed by atoms with E-state index in [1.807, 2.05) is 6.07 Å². The van der Waals surface area contributed by atoms with Crippen LogP contribution >= 0.6 is 0 Å².